The lowest BCUT2D eigenvalue weighted by Gasteiger charge is -2.50. The maximum absolute atomic E-state index is 4.70. The van der Waals surface area contributed by atoms with E-state index in [9.17, 15) is 0 Å². The first-order chi connectivity index (χ1) is 11.6. The molecule has 1 aromatic carbocycles. The predicted molar refractivity (Wildman–Crippen MR) is 100 cm³/mol. The van der Waals surface area contributed by atoms with Crippen molar-refractivity contribution in [3.63, 3.8) is 0 Å². The zero-order valence-corrected chi connectivity index (χ0v) is 14.9. The smallest absolute Gasteiger partial charge is 0.126 e. The lowest BCUT2D eigenvalue weighted by Crippen LogP contribution is -2.59. The summed E-state index contributed by atoms with van der Waals surface area (Å²) in [7, 11) is 0. The van der Waals surface area contributed by atoms with Crippen molar-refractivity contribution in [1.82, 2.24) is 9.88 Å². The van der Waals surface area contributed by atoms with Gasteiger partial charge in [-0.05, 0) is 70.3 Å². The van der Waals surface area contributed by atoms with E-state index in [1.165, 1.54) is 48.2 Å². The molecule has 24 heavy (non-hydrogen) atoms. The van der Waals surface area contributed by atoms with Crippen LogP contribution >= 0.6 is 0 Å². The van der Waals surface area contributed by atoms with Crippen LogP contribution in [0.4, 0.5) is 5.82 Å². The van der Waals surface area contributed by atoms with Gasteiger partial charge in [0.25, 0.3) is 0 Å². The van der Waals surface area contributed by atoms with E-state index in [2.05, 4.69) is 61.3 Å². The Morgan fingerprint density at radius 1 is 1.00 bits per heavy atom. The summed E-state index contributed by atoms with van der Waals surface area (Å²) in [6.07, 6.45) is 4.65. The monoisotopic (exact) mass is 321 g/mol. The summed E-state index contributed by atoms with van der Waals surface area (Å²) in [5.74, 6) is 1.81. The van der Waals surface area contributed by atoms with E-state index in [1.807, 2.05) is 6.20 Å². The molecular formula is C21H27N3. The molecule has 3 heteroatoms. The van der Waals surface area contributed by atoms with Crippen LogP contribution in [0.3, 0.4) is 0 Å². The molecule has 0 aliphatic carbocycles. The molecule has 2 bridgehead atoms. The van der Waals surface area contributed by atoms with E-state index in [-0.39, 0.29) is 0 Å². The molecule has 0 radical (unpaired) electrons. The molecule has 5 rings (SSSR count). The molecule has 4 heterocycles. The SMILES string of the molecule is Cc1cc(C)cc(-c2ccc(N[C@H]3C4CCN(CC4)[C@@H]3C)nc2)c1. The first kappa shape index (κ1) is 15.6. The number of fused-ring (bicyclic) bond motifs is 3. The Morgan fingerprint density at radius 3 is 2.29 bits per heavy atom. The molecule has 1 N–H and O–H groups in total. The molecule has 3 nitrogen and oxygen atoms in total. The summed E-state index contributed by atoms with van der Waals surface area (Å²) >= 11 is 0. The summed E-state index contributed by atoms with van der Waals surface area (Å²) in [6.45, 7) is 9.18. The standard InChI is InChI=1S/C21H27N3/c1-14-10-15(2)12-19(11-14)18-4-5-20(22-13-18)23-21-16(3)24-8-6-17(21)7-9-24/h4-5,10-13,16-17,21H,6-9H2,1-3H3,(H,22,23)/t16-,21-/m1/s1. The van der Waals surface area contributed by atoms with Crippen LogP contribution in [0.2, 0.25) is 0 Å². The van der Waals surface area contributed by atoms with E-state index >= 15 is 0 Å². The number of pyridine rings is 1. The number of nitrogens with one attached hydrogen (secondary N) is 1. The van der Waals surface area contributed by atoms with E-state index < -0.39 is 0 Å². The summed E-state index contributed by atoms with van der Waals surface area (Å²) in [5, 5.41) is 3.71. The Labute approximate surface area is 145 Å². The second-order valence-corrected chi connectivity index (χ2v) is 7.59. The Morgan fingerprint density at radius 2 is 1.71 bits per heavy atom. The third-order valence-electron chi connectivity index (χ3n) is 5.81. The fourth-order valence-electron chi connectivity index (χ4n) is 4.51. The van der Waals surface area contributed by atoms with Crippen LogP contribution in [0.25, 0.3) is 11.1 Å². The molecule has 3 fully saturated rings. The summed E-state index contributed by atoms with van der Waals surface area (Å²) in [6, 6.07) is 12.1. The third kappa shape index (κ3) is 2.93. The topological polar surface area (TPSA) is 28.2 Å². The highest BCUT2D eigenvalue weighted by atomic mass is 15.2. The van der Waals surface area contributed by atoms with Crippen molar-refractivity contribution in [2.75, 3.05) is 18.4 Å². The van der Waals surface area contributed by atoms with Crippen LogP contribution in [0.15, 0.2) is 36.5 Å². The molecule has 3 aliphatic rings. The molecule has 0 spiro atoms. The molecule has 2 aromatic rings. The van der Waals surface area contributed by atoms with Gasteiger partial charge in [-0.1, -0.05) is 29.3 Å². The second kappa shape index (κ2) is 6.21. The molecular weight excluding hydrogens is 294 g/mol. The van der Waals surface area contributed by atoms with Crippen molar-refractivity contribution in [2.45, 2.75) is 45.7 Å². The van der Waals surface area contributed by atoms with Crippen molar-refractivity contribution in [3.05, 3.63) is 47.7 Å². The lowest BCUT2D eigenvalue weighted by molar-refractivity contribution is 0.0457. The summed E-state index contributed by atoms with van der Waals surface area (Å²) in [5.41, 5.74) is 5.04. The number of aromatic nitrogens is 1. The predicted octanol–water partition coefficient (Wildman–Crippen LogP) is 4.26. The zero-order chi connectivity index (χ0) is 16.7. The van der Waals surface area contributed by atoms with Crippen molar-refractivity contribution >= 4 is 5.82 Å². The van der Waals surface area contributed by atoms with Crippen LogP contribution in [0.5, 0.6) is 0 Å². The second-order valence-electron chi connectivity index (χ2n) is 7.59. The van der Waals surface area contributed by atoms with E-state index in [4.69, 9.17) is 4.98 Å². The van der Waals surface area contributed by atoms with Gasteiger partial charge in [0.05, 0.1) is 0 Å². The van der Waals surface area contributed by atoms with Gasteiger partial charge >= 0.3 is 0 Å². The van der Waals surface area contributed by atoms with Gasteiger partial charge in [-0.2, -0.15) is 0 Å². The fourth-order valence-corrected chi connectivity index (χ4v) is 4.51. The minimum absolute atomic E-state index is 0.534. The third-order valence-corrected chi connectivity index (χ3v) is 5.81. The van der Waals surface area contributed by atoms with Crippen molar-refractivity contribution in [1.29, 1.82) is 0 Å². The van der Waals surface area contributed by atoms with Crippen molar-refractivity contribution < 1.29 is 0 Å². The number of piperidine rings is 3. The van der Waals surface area contributed by atoms with Crippen LogP contribution in [0.1, 0.15) is 30.9 Å². The molecule has 126 valence electrons. The van der Waals surface area contributed by atoms with Gasteiger partial charge in [-0.15, -0.1) is 0 Å². The number of rotatable bonds is 3. The number of benzene rings is 1. The number of aryl methyl sites for hydroxylation is 2. The fraction of sp³-hybridized carbons (Fsp3) is 0.476. The van der Waals surface area contributed by atoms with Gasteiger partial charge in [-0.3, -0.25) is 4.90 Å². The number of hydrogen-bond acceptors (Lipinski definition) is 3. The van der Waals surface area contributed by atoms with Crippen LogP contribution in [-0.2, 0) is 0 Å². The highest BCUT2D eigenvalue weighted by Crippen LogP contribution is 2.34. The summed E-state index contributed by atoms with van der Waals surface area (Å²) in [4.78, 5) is 7.31. The molecule has 0 amide bonds. The van der Waals surface area contributed by atoms with E-state index in [0.717, 1.165) is 11.7 Å². The molecule has 0 unspecified atom stereocenters. The van der Waals surface area contributed by atoms with Gasteiger partial charge in [0.2, 0.25) is 0 Å². The van der Waals surface area contributed by atoms with Crippen LogP contribution in [-0.4, -0.2) is 35.1 Å². The quantitative estimate of drug-likeness (QED) is 0.915. The maximum atomic E-state index is 4.70. The Hall–Kier alpha value is -1.87. The molecule has 3 aliphatic heterocycles. The lowest BCUT2D eigenvalue weighted by atomic mass is 9.79. The van der Waals surface area contributed by atoms with Gasteiger partial charge in [0, 0.05) is 23.8 Å². The van der Waals surface area contributed by atoms with Crippen LogP contribution in [0, 0.1) is 19.8 Å². The van der Waals surface area contributed by atoms with Crippen molar-refractivity contribution in [2.24, 2.45) is 5.92 Å². The Bertz CT molecular complexity index is 692. The number of hydrogen-bond donors (Lipinski definition) is 1. The minimum Gasteiger partial charge on any atom is -0.365 e. The zero-order valence-electron chi connectivity index (χ0n) is 14.9. The summed E-state index contributed by atoms with van der Waals surface area (Å²) < 4.78 is 0. The largest absolute Gasteiger partial charge is 0.365 e. The van der Waals surface area contributed by atoms with Crippen LogP contribution < -0.4 is 5.32 Å². The highest BCUT2D eigenvalue weighted by molar-refractivity contribution is 5.65. The van der Waals surface area contributed by atoms with Crippen molar-refractivity contribution in [3.8, 4) is 11.1 Å². The molecule has 0 saturated carbocycles. The average molecular weight is 321 g/mol. The number of nitrogens with zero attached hydrogens (tertiary/aromatic N) is 2. The molecule has 2 atom stereocenters. The van der Waals surface area contributed by atoms with E-state index in [1.54, 1.807) is 0 Å². The molecule has 1 aromatic heterocycles. The van der Waals surface area contributed by atoms with Gasteiger partial charge < -0.3 is 5.32 Å². The maximum Gasteiger partial charge on any atom is 0.126 e. The first-order valence-electron chi connectivity index (χ1n) is 9.15. The van der Waals surface area contributed by atoms with E-state index in [0.29, 0.717) is 12.1 Å². The van der Waals surface area contributed by atoms with Gasteiger partial charge in [0.15, 0.2) is 0 Å². The molecule has 3 saturated heterocycles. The number of anilines is 1. The normalized spacial score (nSPS) is 28.8. The average Bonchev–Trinajstić information content (AvgIpc) is 2.58. The Balaban J connectivity index is 1.52. The van der Waals surface area contributed by atoms with Gasteiger partial charge in [-0.25, -0.2) is 4.98 Å². The first-order valence-corrected chi connectivity index (χ1v) is 9.15. The highest BCUT2D eigenvalue weighted by Gasteiger charge is 2.39. The minimum atomic E-state index is 0.534. The Kier molecular flexibility index (Phi) is 4.05. The van der Waals surface area contributed by atoms with Gasteiger partial charge in [0.1, 0.15) is 5.82 Å².